The first kappa shape index (κ1) is 29.1. The summed E-state index contributed by atoms with van der Waals surface area (Å²) in [6, 6.07) is 8.24. The van der Waals surface area contributed by atoms with Gasteiger partial charge in [-0.2, -0.15) is 26.9 Å². The van der Waals surface area contributed by atoms with Crippen LogP contribution in [0, 0.1) is 6.92 Å². The smallest absolute Gasteiger partial charge is 0.373 e. The Morgan fingerprint density at radius 1 is 1.15 bits per heavy atom. The third-order valence-electron chi connectivity index (χ3n) is 6.75. The molecule has 2 aromatic rings. The maximum atomic E-state index is 13.8. The maximum absolute atomic E-state index is 13.8. The van der Waals surface area contributed by atoms with Crippen molar-refractivity contribution in [3.8, 4) is 0 Å². The molecule has 1 amide bonds. The summed E-state index contributed by atoms with van der Waals surface area (Å²) >= 11 is 0. The Hall–Kier alpha value is -2.88. The number of anilines is 4. The van der Waals surface area contributed by atoms with Gasteiger partial charge in [-0.05, 0) is 38.2 Å². The summed E-state index contributed by atoms with van der Waals surface area (Å²) < 4.78 is 59.0. The van der Waals surface area contributed by atoms with Crippen LogP contribution >= 0.6 is 0 Å². The quantitative estimate of drug-likeness (QED) is 0.400. The molecule has 0 bridgehead atoms. The number of hydrogen-bond donors (Lipinski definition) is 3. The minimum absolute atomic E-state index is 0.0605. The monoisotopic (exact) mass is 584 g/mol. The van der Waals surface area contributed by atoms with Gasteiger partial charge in [-0.25, -0.2) is 13.4 Å². The average molecular weight is 585 g/mol. The van der Waals surface area contributed by atoms with E-state index in [0.717, 1.165) is 25.2 Å². The first-order valence-corrected chi connectivity index (χ1v) is 17.8. The molecule has 0 spiro atoms. The Labute approximate surface area is 227 Å². The minimum atomic E-state index is -3.76. The summed E-state index contributed by atoms with van der Waals surface area (Å²) in [5.74, 6) is -0.708. The summed E-state index contributed by atoms with van der Waals surface area (Å²) in [6.45, 7) is 6.55. The van der Waals surface area contributed by atoms with Crippen LogP contribution in [-0.4, -0.2) is 88.7 Å². The predicted molar refractivity (Wildman–Crippen MR) is 148 cm³/mol. The Kier molecular flexibility index (Phi) is 8.44. The van der Waals surface area contributed by atoms with Gasteiger partial charge >= 0.3 is 6.11 Å². The number of ether oxygens (including phenoxy) is 1. The van der Waals surface area contributed by atoms with Crippen molar-refractivity contribution >= 4 is 47.1 Å². The molecular weight excluding hydrogens is 550 g/mol. The van der Waals surface area contributed by atoms with Gasteiger partial charge in [0.25, 0.3) is 5.91 Å². The highest BCUT2D eigenvalue weighted by Crippen LogP contribution is 2.32. The lowest BCUT2D eigenvalue weighted by Crippen LogP contribution is -2.47. The molecule has 0 aliphatic carbocycles. The normalized spacial score (nSPS) is 19.0. The third-order valence-corrected chi connectivity index (χ3v) is 11.2. The van der Waals surface area contributed by atoms with Crippen LogP contribution in [0.1, 0.15) is 16.1 Å². The highest BCUT2D eigenvalue weighted by Gasteiger charge is 2.38. The van der Waals surface area contributed by atoms with Crippen LogP contribution in [0.5, 0.6) is 0 Å². The summed E-state index contributed by atoms with van der Waals surface area (Å²) in [7, 11) is -5.10. The number of aromatic nitrogens is 2. The maximum Gasteiger partial charge on any atom is 0.373 e. The molecule has 2 saturated heterocycles. The molecule has 4 rings (SSSR count). The van der Waals surface area contributed by atoms with E-state index < -0.39 is 49.0 Å². The van der Waals surface area contributed by atoms with Crippen LogP contribution in [0.25, 0.3) is 0 Å². The van der Waals surface area contributed by atoms with Crippen LogP contribution < -0.4 is 19.8 Å². The van der Waals surface area contributed by atoms with Gasteiger partial charge in [0.2, 0.25) is 16.0 Å². The number of halogens is 2. The first-order valence-electron chi connectivity index (χ1n) is 12.7. The summed E-state index contributed by atoms with van der Waals surface area (Å²) in [4.78, 5) is 25.4. The van der Waals surface area contributed by atoms with E-state index in [1.54, 1.807) is 19.1 Å². The summed E-state index contributed by atoms with van der Waals surface area (Å²) in [6.07, 6.45) is -3.32. The second-order valence-corrected chi connectivity index (χ2v) is 17.8. The molecule has 3 heterocycles. The van der Waals surface area contributed by atoms with Gasteiger partial charge in [0.15, 0.2) is 0 Å². The zero-order chi connectivity index (χ0) is 28.4. The molecule has 2 aliphatic heterocycles. The minimum Gasteiger partial charge on any atom is -0.395 e. The second-order valence-electron chi connectivity index (χ2n) is 10.6. The lowest BCUT2D eigenvalue weighted by Gasteiger charge is -2.45. The zero-order valence-electron chi connectivity index (χ0n) is 22.2. The van der Waals surface area contributed by atoms with E-state index in [9.17, 15) is 22.0 Å². The fraction of sp³-hybridized carbons (Fsp3) is 0.542. The van der Waals surface area contributed by atoms with Crippen molar-refractivity contribution in [3.05, 3.63) is 35.5 Å². The van der Waals surface area contributed by atoms with Crippen molar-refractivity contribution in [1.29, 1.82) is 0 Å². The molecule has 1 aromatic heterocycles. The Morgan fingerprint density at radius 3 is 2.54 bits per heavy atom. The number of carbonyl (C=O) groups excluding carboxylic acids is 1. The molecule has 11 nitrogen and oxygen atoms in total. The molecule has 0 atom stereocenters. The van der Waals surface area contributed by atoms with Crippen LogP contribution in [0.4, 0.5) is 31.9 Å². The van der Waals surface area contributed by atoms with Gasteiger partial charge in [-0.15, -0.1) is 20.2 Å². The summed E-state index contributed by atoms with van der Waals surface area (Å²) in [5, 5.41) is 11.8. The average Bonchev–Trinajstić information content (AvgIpc) is 2.82. The molecular formula is C24H34F2N6O5SSi-. The number of morpholine rings is 1. The largest absolute Gasteiger partial charge is 0.395 e. The van der Waals surface area contributed by atoms with Crippen molar-refractivity contribution in [3.63, 3.8) is 0 Å². The number of nitrogens with one attached hydrogen (secondary N) is 2. The van der Waals surface area contributed by atoms with E-state index in [1.807, 2.05) is 0 Å². The van der Waals surface area contributed by atoms with Crippen molar-refractivity contribution < 1.29 is 31.8 Å². The molecule has 39 heavy (non-hydrogen) atoms. The fourth-order valence-electron chi connectivity index (χ4n) is 4.52. The van der Waals surface area contributed by atoms with Gasteiger partial charge in [0, 0.05) is 18.3 Å². The van der Waals surface area contributed by atoms with E-state index in [2.05, 4.69) is 42.7 Å². The number of sulfonamides is 1. The number of amides is 1. The van der Waals surface area contributed by atoms with Gasteiger partial charge in [0.1, 0.15) is 12.4 Å². The van der Waals surface area contributed by atoms with Crippen molar-refractivity contribution in [2.24, 2.45) is 0 Å². The highest BCUT2D eigenvalue weighted by molar-refractivity contribution is 7.92. The van der Waals surface area contributed by atoms with Gasteiger partial charge in [-0.1, -0.05) is 0 Å². The molecule has 2 aliphatic rings. The van der Waals surface area contributed by atoms with Crippen molar-refractivity contribution in [2.75, 3.05) is 65.0 Å². The number of carbonyl (C=O) groups is 1. The molecule has 1 aromatic carbocycles. The SMILES string of the molecule is Cc1cc(NC(=O)c2ccc(NS(=O)(=O)CCO)cc2N2CC[Si-](C)(C)CC2)nc(N2CCOC(F)(F)C2)n1. The highest BCUT2D eigenvalue weighted by atomic mass is 32.2. The lowest BCUT2D eigenvalue weighted by atomic mass is 10.1. The van der Waals surface area contributed by atoms with Crippen LogP contribution in [-0.2, 0) is 14.8 Å². The number of hydrogen-bond acceptors (Lipinski definition) is 9. The number of aryl methyl sites for hydroxylation is 1. The van der Waals surface area contributed by atoms with E-state index in [4.69, 9.17) is 5.11 Å². The number of nitrogens with zero attached hydrogens (tertiary/aromatic N) is 4. The topological polar surface area (TPSA) is 137 Å². The van der Waals surface area contributed by atoms with E-state index >= 15 is 0 Å². The summed E-state index contributed by atoms with van der Waals surface area (Å²) in [5.41, 5.74) is 1.66. The molecule has 215 valence electrons. The van der Waals surface area contributed by atoms with Crippen molar-refractivity contribution in [1.82, 2.24) is 9.97 Å². The second kappa shape index (κ2) is 11.3. The van der Waals surface area contributed by atoms with E-state index in [1.165, 1.54) is 17.0 Å². The predicted octanol–water partition coefficient (Wildman–Crippen LogP) is 2.73. The molecule has 15 heteroatoms. The van der Waals surface area contributed by atoms with Crippen molar-refractivity contribution in [2.45, 2.75) is 38.2 Å². The number of aliphatic hydroxyl groups excluding tert-OH is 1. The van der Waals surface area contributed by atoms with Crippen LogP contribution in [0.15, 0.2) is 24.3 Å². The van der Waals surface area contributed by atoms with Gasteiger partial charge < -0.3 is 25.0 Å². The number of aliphatic hydroxyl groups is 1. The first-order chi connectivity index (χ1) is 18.3. The molecule has 0 unspecified atom stereocenters. The Morgan fingerprint density at radius 2 is 1.87 bits per heavy atom. The van der Waals surface area contributed by atoms with E-state index in [-0.39, 0.29) is 30.6 Å². The van der Waals surface area contributed by atoms with Gasteiger partial charge in [0.05, 0.1) is 35.9 Å². The Bertz CT molecular complexity index is 1320. The molecule has 0 radical (unpaired) electrons. The fourth-order valence-corrected chi connectivity index (χ4v) is 7.35. The zero-order valence-corrected chi connectivity index (χ0v) is 24.0. The molecule has 2 fully saturated rings. The molecule has 0 saturated carbocycles. The number of benzene rings is 1. The molecule has 3 N–H and O–H groups in total. The van der Waals surface area contributed by atoms with Gasteiger partial charge in [-0.3, -0.25) is 9.52 Å². The van der Waals surface area contributed by atoms with E-state index in [0.29, 0.717) is 16.9 Å². The third kappa shape index (κ3) is 7.61. The number of rotatable bonds is 8. The standard InChI is InChI=1S/C24H34F2N6O5SSi/c1-17-14-21(29-23(27-17)32-6-10-37-24(25,26)16-32)28-22(34)19-5-4-18(30-38(35,36)11-9-33)15-20(19)31-7-12-39(2,3)13-8-31/h4-5,14-15,30,33H,6-13,16H2,1-3H3,(H,27,28,29,34)/q-1. The number of alkyl halides is 2. The van der Waals surface area contributed by atoms with Crippen LogP contribution in [0.2, 0.25) is 25.2 Å². The Balaban J connectivity index is 1.62. The lowest BCUT2D eigenvalue weighted by molar-refractivity contribution is -0.240. The van der Waals surface area contributed by atoms with Crippen LogP contribution in [0.3, 0.4) is 0 Å².